The summed E-state index contributed by atoms with van der Waals surface area (Å²) in [5.74, 6) is 7.41. The molecule has 8 aromatic carbocycles. The molecular formula is C51H35N. The summed E-state index contributed by atoms with van der Waals surface area (Å²) in [6.07, 6.45) is 0. The zero-order valence-corrected chi connectivity index (χ0v) is 28.7. The number of rotatable bonds is 6. The third kappa shape index (κ3) is 5.58. The van der Waals surface area contributed by atoms with Crippen molar-refractivity contribution >= 4 is 17.1 Å². The van der Waals surface area contributed by atoms with Gasteiger partial charge < -0.3 is 4.90 Å². The van der Waals surface area contributed by atoms with Crippen LogP contribution in [0.25, 0.3) is 33.4 Å². The molecule has 0 saturated carbocycles. The Labute approximate surface area is 306 Å². The molecule has 0 heterocycles. The number of hydrogen-bond donors (Lipinski definition) is 0. The zero-order chi connectivity index (χ0) is 34.7. The van der Waals surface area contributed by atoms with E-state index >= 15 is 0 Å². The van der Waals surface area contributed by atoms with E-state index in [0.29, 0.717) is 0 Å². The molecule has 9 rings (SSSR count). The first-order valence-electron chi connectivity index (χ1n) is 17.8. The second-order valence-corrected chi connectivity index (χ2v) is 13.2. The predicted molar refractivity (Wildman–Crippen MR) is 217 cm³/mol. The third-order valence-electron chi connectivity index (χ3n) is 10.1. The van der Waals surface area contributed by atoms with Crippen LogP contribution in [0.2, 0.25) is 0 Å². The number of anilines is 3. The lowest BCUT2D eigenvalue weighted by Crippen LogP contribution is -2.25. The van der Waals surface area contributed by atoms with Gasteiger partial charge in [-0.25, -0.2) is 0 Å². The van der Waals surface area contributed by atoms with Gasteiger partial charge in [-0.1, -0.05) is 176 Å². The van der Waals surface area contributed by atoms with E-state index < -0.39 is 5.41 Å². The van der Waals surface area contributed by atoms with Gasteiger partial charge in [0.25, 0.3) is 0 Å². The number of nitrogens with zero attached hydrogens (tertiary/aromatic N) is 1. The van der Waals surface area contributed by atoms with Gasteiger partial charge in [0.05, 0.1) is 0 Å². The molecule has 1 aliphatic rings. The topological polar surface area (TPSA) is 3.24 Å². The normalized spacial score (nSPS) is 14.1. The molecule has 0 aromatic heterocycles. The summed E-state index contributed by atoms with van der Waals surface area (Å²) in [4.78, 5) is 2.38. The van der Waals surface area contributed by atoms with E-state index in [9.17, 15) is 0 Å². The molecule has 1 nitrogen and oxygen atoms in total. The Kier molecular flexibility index (Phi) is 8.05. The van der Waals surface area contributed by atoms with Gasteiger partial charge in [0.1, 0.15) is 5.41 Å². The van der Waals surface area contributed by atoms with E-state index in [1.807, 2.05) is 6.07 Å². The lowest BCUT2D eigenvalue weighted by molar-refractivity contribution is 0.837. The lowest BCUT2D eigenvalue weighted by Gasteiger charge is -2.29. The number of benzene rings is 8. The van der Waals surface area contributed by atoms with Gasteiger partial charge in [-0.15, -0.1) is 0 Å². The fourth-order valence-electron chi connectivity index (χ4n) is 7.64. The van der Waals surface area contributed by atoms with Crippen LogP contribution in [0.3, 0.4) is 0 Å². The van der Waals surface area contributed by atoms with Crippen molar-refractivity contribution in [3.8, 4) is 45.2 Å². The minimum atomic E-state index is -0.628. The Morgan fingerprint density at radius 1 is 0.346 bits per heavy atom. The van der Waals surface area contributed by atoms with Crippen LogP contribution in [0.4, 0.5) is 17.1 Å². The molecule has 0 amide bonds. The van der Waals surface area contributed by atoms with Crippen LogP contribution in [0, 0.1) is 11.8 Å². The van der Waals surface area contributed by atoms with Crippen LogP contribution >= 0.6 is 0 Å². The average Bonchev–Trinajstić information content (AvgIpc) is 3.51. The van der Waals surface area contributed by atoms with E-state index in [-0.39, 0.29) is 0 Å². The Hall–Kier alpha value is -6.88. The van der Waals surface area contributed by atoms with Crippen LogP contribution in [0.5, 0.6) is 0 Å². The van der Waals surface area contributed by atoms with Crippen molar-refractivity contribution < 1.29 is 0 Å². The first kappa shape index (κ1) is 31.1. The molecule has 0 radical (unpaired) electrons. The van der Waals surface area contributed by atoms with Crippen molar-refractivity contribution in [3.63, 3.8) is 0 Å². The summed E-state index contributed by atoms with van der Waals surface area (Å²) in [5.41, 5.74) is 14.4. The van der Waals surface area contributed by atoms with Gasteiger partial charge >= 0.3 is 0 Å². The molecule has 0 aliphatic heterocycles. The van der Waals surface area contributed by atoms with E-state index in [4.69, 9.17) is 0 Å². The molecule has 0 saturated heterocycles. The quantitative estimate of drug-likeness (QED) is 0.160. The first-order chi connectivity index (χ1) is 25.8. The molecule has 0 fully saturated rings. The van der Waals surface area contributed by atoms with Crippen LogP contribution in [0.1, 0.15) is 22.3 Å². The van der Waals surface area contributed by atoms with Crippen molar-refractivity contribution in [3.05, 3.63) is 235 Å². The molecule has 0 spiro atoms. The monoisotopic (exact) mass is 661 g/mol. The van der Waals surface area contributed by atoms with Gasteiger partial charge in [0.2, 0.25) is 0 Å². The second-order valence-electron chi connectivity index (χ2n) is 13.2. The van der Waals surface area contributed by atoms with Crippen molar-refractivity contribution in [1.29, 1.82) is 0 Å². The summed E-state index contributed by atoms with van der Waals surface area (Å²) in [7, 11) is 0. The van der Waals surface area contributed by atoms with Crippen LogP contribution in [0.15, 0.2) is 212 Å². The Morgan fingerprint density at radius 2 is 0.865 bits per heavy atom. The van der Waals surface area contributed by atoms with Crippen LogP contribution < -0.4 is 4.90 Å². The predicted octanol–water partition coefficient (Wildman–Crippen LogP) is 12.9. The maximum atomic E-state index is 3.84. The van der Waals surface area contributed by atoms with E-state index in [0.717, 1.165) is 22.6 Å². The van der Waals surface area contributed by atoms with E-state index in [2.05, 4.69) is 223 Å². The minimum absolute atomic E-state index is 0.628. The average molecular weight is 662 g/mol. The Morgan fingerprint density at radius 3 is 1.58 bits per heavy atom. The fraction of sp³-hybridized carbons (Fsp3) is 0.0196. The highest BCUT2D eigenvalue weighted by atomic mass is 15.1. The lowest BCUT2D eigenvalue weighted by atomic mass is 9.73. The fourth-order valence-corrected chi connectivity index (χ4v) is 7.64. The molecule has 52 heavy (non-hydrogen) atoms. The highest BCUT2D eigenvalue weighted by Gasteiger charge is 2.44. The van der Waals surface area contributed by atoms with E-state index in [1.165, 1.54) is 50.1 Å². The molecule has 0 bridgehead atoms. The maximum Gasteiger partial charge on any atom is 0.108 e. The zero-order valence-electron chi connectivity index (χ0n) is 28.7. The molecular weight excluding hydrogens is 627 g/mol. The summed E-state index contributed by atoms with van der Waals surface area (Å²) in [6, 6.07) is 75.7. The smallest absolute Gasteiger partial charge is 0.108 e. The summed E-state index contributed by atoms with van der Waals surface area (Å²) in [5, 5.41) is 0. The largest absolute Gasteiger partial charge is 0.310 e. The number of hydrogen-bond acceptors (Lipinski definition) is 1. The van der Waals surface area contributed by atoms with Crippen molar-refractivity contribution in [2.24, 2.45) is 0 Å². The molecule has 244 valence electrons. The van der Waals surface area contributed by atoms with Crippen molar-refractivity contribution in [1.82, 2.24) is 0 Å². The first-order valence-corrected chi connectivity index (χ1v) is 17.8. The maximum absolute atomic E-state index is 3.84. The Balaban J connectivity index is 1.24. The van der Waals surface area contributed by atoms with Gasteiger partial charge in [-0.2, -0.15) is 0 Å². The molecule has 1 atom stereocenters. The standard InChI is InChI=1S/C51H35N/c1-5-16-38(17-6-1)34-35-51(43-23-11-4-12-24-43)49-27-14-13-26-47(49)48-37-46(32-33-50(48)51)52(44-30-28-41(29-31-44)39-18-7-2-8-19-39)45-25-15-22-42(36-45)40-20-9-3-10-21-40/h1-33,36-37H. The van der Waals surface area contributed by atoms with Crippen molar-refractivity contribution in [2.45, 2.75) is 5.41 Å². The van der Waals surface area contributed by atoms with Gasteiger partial charge in [0.15, 0.2) is 0 Å². The minimum Gasteiger partial charge on any atom is -0.310 e. The highest BCUT2D eigenvalue weighted by Crippen LogP contribution is 2.54. The number of fused-ring (bicyclic) bond motifs is 3. The highest BCUT2D eigenvalue weighted by molar-refractivity contribution is 5.90. The summed E-state index contributed by atoms with van der Waals surface area (Å²) < 4.78 is 0. The van der Waals surface area contributed by atoms with Crippen LogP contribution in [-0.4, -0.2) is 0 Å². The SMILES string of the molecule is C(#CC1(c2ccccc2)c2ccccc2-c2cc(N(c3ccc(-c4ccccc4)cc3)c3cccc(-c4ccccc4)c3)ccc21)c1ccccc1. The molecule has 8 aromatic rings. The van der Waals surface area contributed by atoms with Crippen molar-refractivity contribution in [2.75, 3.05) is 4.90 Å². The van der Waals surface area contributed by atoms with Gasteiger partial charge in [0, 0.05) is 22.6 Å². The summed E-state index contributed by atoms with van der Waals surface area (Å²) >= 11 is 0. The van der Waals surface area contributed by atoms with Crippen LogP contribution in [-0.2, 0) is 5.41 Å². The summed E-state index contributed by atoms with van der Waals surface area (Å²) in [6.45, 7) is 0. The third-order valence-corrected chi connectivity index (χ3v) is 10.1. The van der Waals surface area contributed by atoms with Gasteiger partial charge in [-0.3, -0.25) is 0 Å². The molecule has 1 heteroatoms. The second kappa shape index (κ2) is 13.4. The Bertz CT molecular complexity index is 2550. The van der Waals surface area contributed by atoms with E-state index in [1.54, 1.807) is 0 Å². The molecule has 1 aliphatic carbocycles. The van der Waals surface area contributed by atoms with Gasteiger partial charge in [-0.05, 0) is 98.6 Å². The molecule has 1 unspecified atom stereocenters. The molecule has 0 N–H and O–H groups in total.